The second kappa shape index (κ2) is 7.65. The van der Waals surface area contributed by atoms with Gasteiger partial charge in [0, 0.05) is 64.2 Å². The Morgan fingerprint density at radius 1 is 1.56 bits per heavy atom. The van der Waals surface area contributed by atoms with Gasteiger partial charge in [-0.3, -0.25) is 9.69 Å². The van der Waals surface area contributed by atoms with E-state index in [1.165, 1.54) is 0 Å². The lowest BCUT2D eigenvalue weighted by Gasteiger charge is -2.36. The van der Waals surface area contributed by atoms with Crippen molar-refractivity contribution in [3.8, 4) is 0 Å². The van der Waals surface area contributed by atoms with Crippen LogP contribution in [0.1, 0.15) is 30.0 Å². The average Bonchev–Trinajstić information content (AvgIpc) is 3.13. The molecule has 8 heteroatoms. The highest BCUT2D eigenvalue weighted by Gasteiger charge is 2.41. The first kappa shape index (κ1) is 18.7. The molecule has 1 N–H and O–H groups in total. The molecule has 140 valence electrons. The highest BCUT2D eigenvalue weighted by Crippen LogP contribution is 2.26. The summed E-state index contributed by atoms with van der Waals surface area (Å²) in [7, 11) is 1.69. The topological polar surface area (TPSA) is 65.9 Å². The van der Waals surface area contributed by atoms with E-state index in [0.717, 1.165) is 10.7 Å². The zero-order chi connectivity index (χ0) is 18.0. The molecule has 0 saturated carbocycles. The molecule has 6 nitrogen and oxygen atoms in total. The Hall–Kier alpha value is -1.09. The number of amides is 1. The van der Waals surface area contributed by atoms with Crippen molar-refractivity contribution in [2.75, 3.05) is 33.4 Å². The summed E-state index contributed by atoms with van der Waals surface area (Å²) in [6, 6.07) is -0.0607. The largest absolute Gasteiger partial charge is 0.381 e. The summed E-state index contributed by atoms with van der Waals surface area (Å²) < 4.78 is 19.2. The molecule has 1 amide bonds. The number of halogens is 1. The van der Waals surface area contributed by atoms with E-state index in [4.69, 9.17) is 4.74 Å². The molecular weight excluding hydrogens is 345 g/mol. The third-order valence-electron chi connectivity index (χ3n) is 5.06. The zero-order valence-electron chi connectivity index (χ0n) is 14.8. The van der Waals surface area contributed by atoms with Gasteiger partial charge in [-0.15, -0.1) is 11.3 Å². The standard InChI is InChI=1S/C17H26FN3O3S/c1-12-19-14(11-25-12)9-21-8-13(18)7-15(21)10-20(2)16(22)17(23)3-5-24-6-4-17/h11,13,15,23H,3-10H2,1-2H3/t13-,15-/m0/s1. The lowest BCUT2D eigenvalue weighted by molar-refractivity contribution is -0.160. The molecule has 1 aromatic rings. The molecule has 2 fully saturated rings. The highest BCUT2D eigenvalue weighted by molar-refractivity contribution is 7.09. The van der Waals surface area contributed by atoms with Crippen molar-refractivity contribution in [1.82, 2.24) is 14.8 Å². The Morgan fingerprint density at radius 2 is 2.28 bits per heavy atom. The van der Waals surface area contributed by atoms with E-state index in [9.17, 15) is 14.3 Å². The molecule has 0 bridgehead atoms. The van der Waals surface area contributed by atoms with E-state index in [-0.39, 0.29) is 11.9 Å². The van der Waals surface area contributed by atoms with Crippen LogP contribution in [0, 0.1) is 6.92 Å². The van der Waals surface area contributed by atoms with Crippen molar-refractivity contribution < 1.29 is 19.0 Å². The Bertz CT molecular complexity index is 606. The molecular formula is C17H26FN3O3S. The summed E-state index contributed by atoms with van der Waals surface area (Å²) in [5.41, 5.74) is -0.406. The average molecular weight is 371 g/mol. The van der Waals surface area contributed by atoms with Gasteiger partial charge in [0.25, 0.3) is 5.91 Å². The van der Waals surface area contributed by atoms with Gasteiger partial charge in [-0.1, -0.05) is 0 Å². The van der Waals surface area contributed by atoms with Crippen molar-refractivity contribution in [3.63, 3.8) is 0 Å². The number of ether oxygens (including phenoxy) is 1. The molecule has 0 aliphatic carbocycles. The number of aliphatic hydroxyl groups is 1. The molecule has 2 aliphatic heterocycles. The van der Waals surface area contributed by atoms with Crippen LogP contribution in [0.2, 0.25) is 0 Å². The number of rotatable bonds is 5. The van der Waals surface area contributed by atoms with Gasteiger partial charge in [0.1, 0.15) is 11.8 Å². The number of likely N-dealkylation sites (N-methyl/N-ethyl adjacent to an activating group) is 1. The number of aryl methyl sites for hydroxylation is 1. The van der Waals surface area contributed by atoms with Gasteiger partial charge in [0.15, 0.2) is 0 Å². The first-order chi connectivity index (χ1) is 11.9. The smallest absolute Gasteiger partial charge is 0.254 e. The normalized spacial score (nSPS) is 26.7. The second-order valence-electron chi connectivity index (χ2n) is 7.10. The van der Waals surface area contributed by atoms with Gasteiger partial charge < -0.3 is 14.7 Å². The Morgan fingerprint density at radius 3 is 2.92 bits per heavy atom. The number of alkyl halides is 1. The van der Waals surface area contributed by atoms with Crippen LogP contribution in [0.25, 0.3) is 0 Å². The fraction of sp³-hybridized carbons (Fsp3) is 0.765. The molecule has 2 aliphatic rings. The third-order valence-corrected chi connectivity index (χ3v) is 5.88. The molecule has 0 radical (unpaired) electrons. The van der Waals surface area contributed by atoms with Crippen LogP contribution in [-0.4, -0.2) is 77.0 Å². The molecule has 1 aromatic heterocycles. The van der Waals surface area contributed by atoms with E-state index in [1.54, 1.807) is 23.3 Å². The molecule has 0 spiro atoms. The fourth-order valence-electron chi connectivity index (χ4n) is 3.67. The van der Waals surface area contributed by atoms with Crippen molar-refractivity contribution in [1.29, 1.82) is 0 Å². The van der Waals surface area contributed by atoms with Crippen LogP contribution < -0.4 is 0 Å². The Labute approximate surface area is 151 Å². The van der Waals surface area contributed by atoms with Crippen molar-refractivity contribution >= 4 is 17.2 Å². The predicted octanol–water partition coefficient (Wildman–Crippen LogP) is 1.36. The summed E-state index contributed by atoms with van der Waals surface area (Å²) >= 11 is 1.59. The van der Waals surface area contributed by atoms with Crippen LogP contribution in [-0.2, 0) is 16.1 Å². The summed E-state index contributed by atoms with van der Waals surface area (Å²) in [5.74, 6) is -0.289. The minimum atomic E-state index is -1.35. The molecule has 2 atom stereocenters. The van der Waals surface area contributed by atoms with Crippen LogP contribution in [0.15, 0.2) is 5.38 Å². The van der Waals surface area contributed by atoms with Crippen LogP contribution in [0.5, 0.6) is 0 Å². The Kier molecular flexibility index (Phi) is 5.72. The molecule has 25 heavy (non-hydrogen) atoms. The summed E-state index contributed by atoms with van der Waals surface area (Å²) in [6.07, 6.45) is 0.143. The van der Waals surface area contributed by atoms with E-state index in [1.807, 2.05) is 12.3 Å². The van der Waals surface area contributed by atoms with Crippen molar-refractivity contribution in [3.05, 3.63) is 16.1 Å². The first-order valence-electron chi connectivity index (χ1n) is 8.72. The second-order valence-corrected chi connectivity index (χ2v) is 8.17. The number of carbonyl (C=O) groups is 1. The van der Waals surface area contributed by atoms with E-state index >= 15 is 0 Å². The van der Waals surface area contributed by atoms with Crippen LogP contribution >= 0.6 is 11.3 Å². The molecule has 0 unspecified atom stereocenters. The summed E-state index contributed by atoms with van der Waals surface area (Å²) in [4.78, 5) is 20.7. The van der Waals surface area contributed by atoms with Gasteiger partial charge in [0.2, 0.25) is 0 Å². The van der Waals surface area contributed by atoms with Crippen LogP contribution in [0.3, 0.4) is 0 Å². The molecule has 3 heterocycles. The van der Waals surface area contributed by atoms with E-state index in [2.05, 4.69) is 9.88 Å². The number of nitrogens with zero attached hydrogens (tertiary/aromatic N) is 3. The fourth-order valence-corrected chi connectivity index (χ4v) is 4.28. The SMILES string of the molecule is Cc1nc(CN2C[C@@H](F)C[C@H]2CN(C)C(=O)C2(O)CCOCC2)cs1. The number of likely N-dealkylation sites (tertiary alicyclic amines) is 1. The van der Waals surface area contributed by atoms with Crippen molar-refractivity contribution in [2.45, 2.75) is 50.5 Å². The molecule has 0 aromatic carbocycles. The summed E-state index contributed by atoms with van der Waals surface area (Å²) in [5, 5.41) is 13.6. The van der Waals surface area contributed by atoms with Crippen molar-refractivity contribution in [2.24, 2.45) is 0 Å². The maximum atomic E-state index is 14.0. The van der Waals surface area contributed by atoms with E-state index < -0.39 is 11.8 Å². The highest BCUT2D eigenvalue weighted by atomic mass is 32.1. The van der Waals surface area contributed by atoms with Gasteiger partial charge in [0.05, 0.1) is 10.7 Å². The van der Waals surface area contributed by atoms with Gasteiger partial charge in [-0.2, -0.15) is 0 Å². The minimum absolute atomic E-state index is 0.0607. The lowest BCUT2D eigenvalue weighted by Crippen LogP contribution is -2.53. The van der Waals surface area contributed by atoms with Gasteiger partial charge in [-0.25, -0.2) is 9.37 Å². The van der Waals surface area contributed by atoms with Gasteiger partial charge >= 0.3 is 0 Å². The maximum absolute atomic E-state index is 14.0. The molecule has 3 rings (SSSR count). The summed E-state index contributed by atoms with van der Waals surface area (Å²) in [6.45, 7) is 4.10. The zero-order valence-corrected chi connectivity index (χ0v) is 15.6. The minimum Gasteiger partial charge on any atom is -0.381 e. The van der Waals surface area contributed by atoms with E-state index in [0.29, 0.717) is 52.1 Å². The number of aromatic nitrogens is 1. The third kappa shape index (κ3) is 4.36. The predicted molar refractivity (Wildman–Crippen MR) is 93.2 cm³/mol. The Balaban J connectivity index is 1.62. The quantitative estimate of drug-likeness (QED) is 0.847. The molecule has 2 saturated heterocycles. The number of carbonyl (C=O) groups excluding carboxylic acids is 1. The first-order valence-corrected chi connectivity index (χ1v) is 9.60. The number of thiazole rings is 1. The maximum Gasteiger partial charge on any atom is 0.254 e. The number of hydrogen-bond donors (Lipinski definition) is 1. The number of hydrogen-bond acceptors (Lipinski definition) is 6. The monoisotopic (exact) mass is 371 g/mol. The van der Waals surface area contributed by atoms with Gasteiger partial charge in [-0.05, 0) is 13.3 Å². The lowest BCUT2D eigenvalue weighted by atomic mass is 9.92. The van der Waals surface area contributed by atoms with Crippen LogP contribution in [0.4, 0.5) is 4.39 Å².